The fourth-order valence-corrected chi connectivity index (χ4v) is 7.21. The minimum atomic E-state index is -3.13. The highest BCUT2D eigenvalue weighted by Crippen LogP contribution is 2.44. The van der Waals surface area contributed by atoms with Gasteiger partial charge in [0.15, 0.2) is 11.6 Å². The number of para-hydroxylation sites is 1. The Hall–Kier alpha value is -5.39. The first-order chi connectivity index (χ1) is 24.0. The van der Waals surface area contributed by atoms with Gasteiger partial charge in [-0.15, -0.1) is 0 Å². The fraction of sp³-hybridized carbons (Fsp3) is 0.231. The first-order valence-corrected chi connectivity index (χ1v) is 18.3. The van der Waals surface area contributed by atoms with Gasteiger partial charge in [0.05, 0.1) is 34.5 Å². The highest BCUT2D eigenvalue weighted by Gasteiger charge is 2.34. The number of rotatable bonds is 6. The van der Waals surface area contributed by atoms with Gasteiger partial charge in [-0.3, -0.25) is 19.2 Å². The molecule has 1 aliphatic carbocycles. The molecule has 0 amide bonds. The van der Waals surface area contributed by atoms with Crippen LogP contribution in [0.2, 0.25) is 0 Å². The van der Waals surface area contributed by atoms with Crippen LogP contribution in [0.5, 0.6) is 0 Å². The lowest BCUT2D eigenvalue weighted by Gasteiger charge is -2.27. The number of nitrogens with zero attached hydrogens (tertiary/aromatic N) is 2. The van der Waals surface area contributed by atoms with Crippen molar-refractivity contribution >= 4 is 49.8 Å². The molecule has 0 unspecified atom stereocenters. The zero-order valence-corrected chi connectivity index (χ0v) is 29.2. The zero-order chi connectivity index (χ0) is 36.2. The minimum Gasteiger partial charge on any atom is -0.481 e. The second kappa shape index (κ2) is 15.0. The molecule has 1 fully saturated rings. The molecule has 0 bridgehead atoms. The van der Waals surface area contributed by atoms with Crippen molar-refractivity contribution in [1.29, 1.82) is 0 Å². The molecular weight excluding hydrogens is 655 g/mol. The molecule has 1 aliphatic heterocycles. The molecule has 0 spiro atoms. The van der Waals surface area contributed by atoms with Gasteiger partial charge in [-0.05, 0) is 42.7 Å². The van der Waals surface area contributed by atoms with Gasteiger partial charge in [0.25, 0.3) is 5.56 Å². The maximum absolute atomic E-state index is 13.8. The predicted molar refractivity (Wildman–Crippen MR) is 196 cm³/mol. The van der Waals surface area contributed by atoms with Crippen LogP contribution in [-0.4, -0.2) is 59.3 Å². The number of carbonyl (C=O) groups excluding carboxylic acids is 2. The molecule has 0 atom stereocenters. The molecule has 50 heavy (non-hydrogen) atoms. The number of hydrogen-bond acceptors (Lipinski definition) is 7. The molecule has 0 radical (unpaired) electrons. The second-order valence-corrected chi connectivity index (χ2v) is 13.8. The van der Waals surface area contributed by atoms with Crippen LogP contribution >= 0.6 is 0 Å². The summed E-state index contributed by atoms with van der Waals surface area (Å²) in [5, 5.41) is 12.6. The van der Waals surface area contributed by atoms with E-state index in [2.05, 4.69) is 5.32 Å². The van der Waals surface area contributed by atoms with Crippen LogP contribution in [0.3, 0.4) is 0 Å². The highest BCUT2D eigenvalue weighted by molar-refractivity contribution is 7.88. The van der Waals surface area contributed by atoms with Crippen molar-refractivity contribution in [3.05, 3.63) is 130 Å². The fourth-order valence-electron chi connectivity index (χ4n) is 6.33. The van der Waals surface area contributed by atoms with Gasteiger partial charge in [-0.2, -0.15) is 0 Å². The number of hydrogen-bond donors (Lipinski definition) is 2. The first-order valence-electron chi connectivity index (χ1n) is 16.4. The predicted octanol–water partition coefficient (Wildman–Crippen LogP) is 6.49. The van der Waals surface area contributed by atoms with E-state index in [1.165, 1.54) is 8.87 Å². The van der Waals surface area contributed by atoms with Crippen molar-refractivity contribution in [1.82, 2.24) is 8.87 Å². The molecule has 4 aromatic carbocycles. The Morgan fingerprint density at radius 1 is 0.780 bits per heavy atom. The third-order valence-electron chi connectivity index (χ3n) is 8.82. The molecule has 7 rings (SSSR count). The van der Waals surface area contributed by atoms with Crippen LogP contribution in [0.25, 0.3) is 22.0 Å². The Balaban J connectivity index is 0.000000273. The molecule has 5 aromatic rings. The number of ketones is 2. The van der Waals surface area contributed by atoms with Gasteiger partial charge in [0.2, 0.25) is 10.0 Å². The number of piperidine rings is 1. The van der Waals surface area contributed by atoms with E-state index >= 15 is 0 Å². The summed E-state index contributed by atoms with van der Waals surface area (Å²) in [6.07, 6.45) is 1.99. The average Bonchev–Trinajstić information content (AvgIpc) is 3.13. The highest BCUT2D eigenvalue weighted by atomic mass is 32.2. The van der Waals surface area contributed by atoms with E-state index < -0.39 is 16.0 Å². The molecule has 2 heterocycles. The molecule has 2 aliphatic rings. The lowest BCUT2D eigenvalue weighted by Crippen LogP contribution is -2.39. The number of carbonyl (C=O) groups is 3. The number of carboxylic acids is 1. The van der Waals surface area contributed by atoms with Crippen molar-refractivity contribution in [3.63, 3.8) is 0 Å². The van der Waals surface area contributed by atoms with Crippen LogP contribution in [-0.2, 0) is 21.9 Å². The molecule has 1 saturated heterocycles. The number of pyridine rings is 1. The Bertz CT molecular complexity index is 2240. The maximum Gasteiger partial charge on any atom is 0.306 e. The van der Waals surface area contributed by atoms with E-state index in [9.17, 15) is 27.6 Å². The molecule has 258 valence electrons. The first kappa shape index (κ1) is 35.9. The number of aryl methyl sites for hydroxylation is 1. The van der Waals surface area contributed by atoms with Gasteiger partial charge in [0, 0.05) is 47.9 Å². The number of sulfonamides is 1. The lowest BCUT2D eigenvalue weighted by molar-refractivity contribution is -0.142. The van der Waals surface area contributed by atoms with E-state index in [0.29, 0.717) is 70.3 Å². The maximum atomic E-state index is 13.8. The summed E-state index contributed by atoms with van der Waals surface area (Å²) in [5.41, 5.74) is 4.22. The number of aliphatic carboxylic acids is 1. The van der Waals surface area contributed by atoms with E-state index in [1.54, 1.807) is 43.4 Å². The summed E-state index contributed by atoms with van der Waals surface area (Å²) in [5.74, 6) is -1.71. The van der Waals surface area contributed by atoms with Crippen molar-refractivity contribution in [2.45, 2.75) is 26.7 Å². The summed E-state index contributed by atoms with van der Waals surface area (Å²) in [6.45, 7) is 4.66. The van der Waals surface area contributed by atoms with Crippen molar-refractivity contribution in [2.24, 2.45) is 13.0 Å². The second-order valence-electron chi connectivity index (χ2n) is 11.8. The number of aromatic nitrogens is 1. The van der Waals surface area contributed by atoms with E-state index in [1.807, 2.05) is 74.5 Å². The number of anilines is 2. The number of fused-ring (bicyclic) bond motifs is 2. The largest absolute Gasteiger partial charge is 0.481 e. The van der Waals surface area contributed by atoms with Crippen LogP contribution in [0.15, 0.2) is 102 Å². The van der Waals surface area contributed by atoms with Crippen LogP contribution in [0, 0.1) is 5.92 Å². The minimum absolute atomic E-state index is 0.0734. The van der Waals surface area contributed by atoms with Crippen LogP contribution in [0.1, 0.15) is 58.5 Å². The molecule has 11 heteroatoms. The van der Waals surface area contributed by atoms with Gasteiger partial charge in [-0.1, -0.05) is 86.6 Å². The standard InChI is InChI=1S/C30H20N2O3.C7H13NO4S.C2H6/c1-32-23-17-16-22(31-19-12-6-3-7-13-19)25-26(23)24(20-14-8-9-15-21(20)29(25)34)27(30(32)35)28(33)18-10-4-2-5-11-18;1-13(11,12)8-4-2-6(3-5-8)7(9)10;1-2/h2-17,31H,1H3;6H,2-5H2,1H3,(H,9,10);1-2H3. The van der Waals surface area contributed by atoms with Gasteiger partial charge < -0.3 is 15.0 Å². The van der Waals surface area contributed by atoms with E-state index in [4.69, 9.17) is 5.11 Å². The Morgan fingerprint density at radius 3 is 1.92 bits per heavy atom. The topological polar surface area (TPSA) is 143 Å². The van der Waals surface area contributed by atoms with Crippen LogP contribution in [0.4, 0.5) is 11.4 Å². The Morgan fingerprint density at radius 2 is 1.34 bits per heavy atom. The smallest absolute Gasteiger partial charge is 0.306 e. The number of carboxylic acid groups (broad SMARTS) is 1. The van der Waals surface area contributed by atoms with Crippen molar-refractivity contribution in [3.8, 4) is 11.1 Å². The lowest BCUT2D eigenvalue weighted by atomic mass is 9.80. The molecule has 2 N–H and O–H groups in total. The number of benzene rings is 4. The Labute approximate surface area is 291 Å². The van der Waals surface area contributed by atoms with Crippen LogP contribution < -0.4 is 10.9 Å². The summed E-state index contributed by atoms with van der Waals surface area (Å²) >= 11 is 0. The molecule has 1 aromatic heterocycles. The summed E-state index contributed by atoms with van der Waals surface area (Å²) < 4.78 is 24.9. The van der Waals surface area contributed by atoms with Gasteiger partial charge in [0.1, 0.15) is 0 Å². The van der Waals surface area contributed by atoms with Gasteiger partial charge in [-0.25, -0.2) is 12.7 Å². The molecular formula is C39H39N3O7S. The SMILES string of the molecule is CC.CS(=O)(=O)N1CCC(C(=O)O)CC1.Cn1c(=O)c(C(=O)c2ccccc2)c2c3c(c(Nc4ccccc4)ccc31)C(=O)c1ccccc1-2. The van der Waals surface area contributed by atoms with E-state index in [0.717, 1.165) is 11.9 Å². The normalized spacial score (nSPS) is 14.0. The summed E-state index contributed by atoms with van der Waals surface area (Å²) in [6, 6.07) is 29.2. The molecule has 0 saturated carbocycles. The Kier molecular flexibility index (Phi) is 10.8. The monoisotopic (exact) mass is 693 g/mol. The molecule has 10 nitrogen and oxygen atoms in total. The van der Waals surface area contributed by atoms with E-state index in [-0.39, 0.29) is 28.6 Å². The summed E-state index contributed by atoms with van der Waals surface area (Å²) in [7, 11) is -1.49. The average molecular weight is 694 g/mol. The van der Waals surface area contributed by atoms with Gasteiger partial charge >= 0.3 is 5.97 Å². The zero-order valence-electron chi connectivity index (χ0n) is 28.3. The quantitative estimate of drug-likeness (QED) is 0.189. The van der Waals surface area contributed by atoms with Crippen molar-refractivity contribution < 1.29 is 27.9 Å². The third-order valence-corrected chi connectivity index (χ3v) is 10.1. The van der Waals surface area contributed by atoms with Crippen molar-refractivity contribution in [2.75, 3.05) is 24.7 Å². The third kappa shape index (κ3) is 7.01. The summed E-state index contributed by atoms with van der Waals surface area (Å²) in [4.78, 5) is 51.7. The number of nitrogens with one attached hydrogen (secondary N) is 1.